The zero-order valence-electron chi connectivity index (χ0n) is 8.96. The summed E-state index contributed by atoms with van der Waals surface area (Å²) in [5.41, 5.74) is 7.58. The zero-order valence-corrected chi connectivity index (χ0v) is 8.96. The van der Waals surface area contributed by atoms with Gasteiger partial charge in [-0.05, 0) is 25.1 Å². The van der Waals surface area contributed by atoms with Crippen LogP contribution in [0.1, 0.15) is 5.56 Å². The molecule has 3 nitrogen and oxygen atoms in total. The molecule has 2 aromatic rings. The van der Waals surface area contributed by atoms with Crippen LogP contribution in [0.5, 0.6) is 0 Å². The Hall–Kier alpha value is -1.91. The van der Waals surface area contributed by atoms with Crippen LogP contribution in [-0.2, 0) is 7.05 Å². The van der Waals surface area contributed by atoms with E-state index < -0.39 is 11.6 Å². The number of hydrogen-bond acceptors (Lipinski definition) is 2. The lowest BCUT2D eigenvalue weighted by molar-refractivity contribution is 0.509. The first kappa shape index (κ1) is 10.6. The molecule has 0 saturated heterocycles. The van der Waals surface area contributed by atoms with Crippen LogP contribution in [-0.4, -0.2) is 9.78 Å². The quantitative estimate of drug-likeness (QED) is 0.805. The molecule has 0 unspecified atom stereocenters. The molecule has 1 aromatic carbocycles. The van der Waals surface area contributed by atoms with Gasteiger partial charge in [0.05, 0.1) is 5.69 Å². The maximum atomic E-state index is 13.1. The molecule has 0 bridgehead atoms. The van der Waals surface area contributed by atoms with Crippen molar-refractivity contribution in [3.05, 3.63) is 35.4 Å². The SMILES string of the molecule is Cc1c(-c2ccc(F)c(F)c2)nn(C)c1N. The van der Waals surface area contributed by atoms with Crippen LogP contribution in [0.15, 0.2) is 18.2 Å². The Kier molecular flexibility index (Phi) is 2.38. The first-order valence-corrected chi connectivity index (χ1v) is 4.75. The van der Waals surface area contributed by atoms with Gasteiger partial charge in [-0.15, -0.1) is 0 Å². The Morgan fingerprint density at radius 2 is 1.94 bits per heavy atom. The summed E-state index contributed by atoms with van der Waals surface area (Å²) >= 11 is 0. The van der Waals surface area contributed by atoms with E-state index in [1.54, 1.807) is 14.0 Å². The van der Waals surface area contributed by atoms with Gasteiger partial charge in [-0.25, -0.2) is 8.78 Å². The van der Waals surface area contributed by atoms with E-state index in [2.05, 4.69) is 5.10 Å². The fraction of sp³-hybridized carbons (Fsp3) is 0.182. The van der Waals surface area contributed by atoms with Crippen molar-refractivity contribution in [3.63, 3.8) is 0 Å². The van der Waals surface area contributed by atoms with E-state index in [1.807, 2.05) is 0 Å². The number of nitrogens with two attached hydrogens (primary N) is 1. The van der Waals surface area contributed by atoms with Gasteiger partial charge < -0.3 is 5.73 Å². The minimum atomic E-state index is -0.888. The molecule has 2 N–H and O–H groups in total. The third-order valence-electron chi connectivity index (χ3n) is 2.53. The Morgan fingerprint density at radius 3 is 2.44 bits per heavy atom. The molecule has 0 spiro atoms. The van der Waals surface area contributed by atoms with Crippen molar-refractivity contribution < 1.29 is 8.78 Å². The van der Waals surface area contributed by atoms with Crippen LogP contribution in [0.4, 0.5) is 14.6 Å². The van der Waals surface area contributed by atoms with E-state index in [0.717, 1.165) is 17.7 Å². The van der Waals surface area contributed by atoms with Crippen molar-refractivity contribution in [2.45, 2.75) is 6.92 Å². The van der Waals surface area contributed by atoms with Gasteiger partial charge in [-0.1, -0.05) is 0 Å². The average molecular weight is 223 g/mol. The second kappa shape index (κ2) is 3.59. The largest absolute Gasteiger partial charge is 0.384 e. The molecule has 0 atom stereocenters. The van der Waals surface area contributed by atoms with Crippen LogP contribution in [0, 0.1) is 18.6 Å². The summed E-state index contributed by atoms with van der Waals surface area (Å²) in [6.07, 6.45) is 0. The molecule has 0 fully saturated rings. The van der Waals surface area contributed by atoms with Gasteiger partial charge >= 0.3 is 0 Å². The lowest BCUT2D eigenvalue weighted by Crippen LogP contribution is -1.97. The van der Waals surface area contributed by atoms with E-state index in [4.69, 9.17) is 5.73 Å². The van der Waals surface area contributed by atoms with E-state index in [1.165, 1.54) is 10.7 Å². The molecule has 5 heteroatoms. The summed E-state index contributed by atoms with van der Waals surface area (Å²) in [6, 6.07) is 3.67. The van der Waals surface area contributed by atoms with Gasteiger partial charge in [0, 0.05) is 18.2 Å². The van der Waals surface area contributed by atoms with Crippen molar-refractivity contribution in [1.82, 2.24) is 9.78 Å². The third kappa shape index (κ3) is 1.54. The number of nitrogen functional groups attached to an aromatic ring is 1. The molecule has 1 heterocycles. The molecule has 0 amide bonds. The number of rotatable bonds is 1. The summed E-state index contributed by atoms with van der Waals surface area (Å²) in [7, 11) is 1.70. The monoisotopic (exact) mass is 223 g/mol. The highest BCUT2D eigenvalue weighted by molar-refractivity contribution is 5.67. The second-order valence-electron chi connectivity index (χ2n) is 3.61. The minimum absolute atomic E-state index is 0.514. The Labute approximate surface area is 91.5 Å². The van der Waals surface area contributed by atoms with Gasteiger partial charge in [0.25, 0.3) is 0 Å². The predicted octanol–water partition coefficient (Wildman–Crippen LogP) is 2.26. The van der Waals surface area contributed by atoms with E-state index in [-0.39, 0.29) is 0 Å². The molecule has 84 valence electrons. The smallest absolute Gasteiger partial charge is 0.159 e. The Morgan fingerprint density at radius 1 is 1.25 bits per heavy atom. The first-order chi connectivity index (χ1) is 7.50. The van der Waals surface area contributed by atoms with Gasteiger partial charge in [0.15, 0.2) is 11.6 Å². The Balaban J connectivity index is 2.59. The number of halogens is 2. The molecule has 1 aromatic heterocycles. The second-order valence-corrected chi connectivity index (χ2v) is 3.61. The van der Waals surface area contributed by atoms with Gasteiger partial charge in [-0.2, -0.15) is 5.10 Å². The third-order valence-corrected chi connectivity index (χ3v) is 2.53. The summed E-state index contributed by atoms with van der Waals surface area (Å²) in [5.74, 6) is -1.24. The summed E-state index contributed by atoms with van der Waals surface area (Å²) in [4.78, 5) is 0. The van der Waals surface area contributed by atoms with Gasteiger partial charge in [0.2, 0.25) is 0 Å². The molecule has 0 radical (unpaired) electrons. The van der Waals surface area contributed by atoms with Crippen LogP contribution in [0.3, 0.4) is 0 Å². The van der Waals surface area contributed by atoms with Crippen LogP contribution in [0.25, 0.3) is 11.3 Å². The maximum absolute atomic E-state index is 13.1. The topological polar surface area (TPSA) is 43.8 Å². The Bertz CT molecular complexity index is 546. The molecule has 0 aliphatic carbocycles. The number of aromatic nitrogens is 2. The molecular formula is C11H11F2N3. The average Bonchev–Trinajstić information content (AvgIpc) is 2.50. The lowest BCUT2D eigenvalue weighted by Gasteiger charge is -1.99. The van der Waals surface area contributed by atoms with Gasteiger partial charge in [-0.3, -0.25) is 4.68 Å². The summed E-state index contributed by atoms with van der Waals surface area (Å²) in [5, 5.41) is 4.15. The first-order valence-electron chi connectivity index (χ1n) is 4.75. The van der Waals surface area contributed by atoms with Gasteiger partial charge in [0.1, 0.15) is 5.82 Å². The highest BCUT2D eigenvalue weighted by Crippen LogP contribution is 2.26. The van der Waals surface area contributed by atoms with Crippen LogP contribution < -0.4 is 5.73 Å². The predicted molar refractivity (Wildman–Crippen MR) is 57.7 cm³/mol. The van der Waals surface area contributed by atoms with Crippen molar-refractivity contribution >= 4 is 5.82 Å². The molecule has 2 rings (SSSR count). The van der Waals surface area contributed by atoms with Crippen LogP contribution in [0.2, 0.25) is 0 Å². The number of nitrogens with zero attached hydrogens (tertiary/aromatic N) is 2. The number of hydrogen-bond donors (Lipinski definition) is 1. The highest BCUT2D eigenvalue weighted by Gasteiger charge is 2.13. The van der Waals surface area contributed by atoms with E-state index in [0.29, 0.717) is 17.1 Å². The standard InChI is InChI=1S/C11H11F2N3/c1-6-10(15-16(2)11(6)14)7-3-4-8(12)9(13)5-7/h3-5H,14H2,1-2H3. The van der Waals surface area contributed by atoms with E-state index >= 15 is 0 Å². The number of benzene rings is 1. The lowest BCUT2D eigenvalue weighted by atomic mass is 10.1. The molecule has 0 aliphatic heterocycles. The fourth-order valence-electron chi connectivity index (χ4n) is 1.56. The fourth-order valence-corrected chi connectivity index (χ4v) is 1.56. The maximum Gasteiger partial charge on any atom is 0.159 e. The normalized spacial score (nSPS) is 10.8. The van der Waals surface area contributed by atoms with Crippen LogP contribution >= 0.6 is 0 Å². The van der Waals surface area contributed by atoms with Crippen molar-refractivity contribution in [2.24, 2.45) is 7.05 Å². The molecule has 0 saturated carbocycles. The molecule has 16 heavy (non-hydrogen) atoms. The molecular weight excluding hydrogens is 212 g/mol. The van der Waals surface area contributed by atoms with Crippen molar-refractivity contribution in [2.75, 3.05) is 5.73 Å². The van der Waals surface area contributed by atoms with E-state index in [9.17, 15) is 8.78 Å². The summed E-state index contributed by atoms with van der Waals surface area (Å²) < 4.78 is 27.3. The zero-order chi connectivity index (χ0) is 11.9. The number of anilines is 1. The minimum Gasteiger partial charge on any atom is -0.384 e. The highest BCUT2D eigenvalue weighted by atomic mass is 19.2. The molecule has 0 aliphatic rings. The number of aryl methyl sites for hydroxylation is 1. The summed E-state index contributed by atoms with van der Waals surface area (Å²) in [6.45, 7) is 1.79. The van der Waals surface area contributed by atoms with Crippen molar-refractivity contribution in [3.8, 4) is 11.3 Å². The van der Waals surface area contributed by atoms with Crippen molar-refractivity contribution in [1.29, 1.82) is 0 Å².